The van der Waals surface area contributed by atoms with Crippen LogP contribution in [0.3, 0.4) is 0 Å². The summed E-state index contributed by atoms with van der Waals surface area (Å²) in [6.07, 6.45) is 0.226. The number of cyclic esters (lactones) is 1. The molecule has 0 saturated carbocycles. The minimum atomic E-state index is -0.701. The van der Waals surface area contributed by atoms with Crippen molar-refractivity contribution in [3.63, 3.8) is 0 Å². The van der Waals surface area contributed by atoms with E-state index in [0.29, 0.717) is 31.9 Å². The maximum atomic E-state index is 14.4. The number of nitrogens with two attached hydrogens (primary N) is 1. The van der Waals surface area contributed by atoms with E-state index in [1.54, 1.807) is 4.90 Å². The van der Waals surface area contributed by atoms with Crippen molar-refractivity contribution in [3.8, 4) is 23.3 Å². The smallest absolute Gasteiger partial charge is 0.409 e. The van der Waals surface area contributed by atoms with E-state index < -0.39 is 11.7 Å². The van der Waals surface area contributed by atoms with Crippen LogP contribution in [-0.4, -0.2) is 43.2 Å². The molecule has 0 aliphatic carbocycles. The van der Waals surface area contributed by atoms with Crippen LogP contribution >= 0.6 is 0 Å². The third kappa shape index (κ3) is 4.95. The molecule has 1 heterocycles. The molecule has 2 aromatic carbocycles. The van der Waals surface area contributed by atoms with Crippen molar-refractivity contribution in [1.82, 2.24) is 10.3 Å². The number of rotatable bonds is 8. The van der Waals surface area contributed by atoms with Gasteiger partial charge in [0, 0.05) is 18.2 Å². The highest BCUT2D eigenvalue weighted by Gasteiger charge is 2.21. The number of halogens is 1. The van der Waals surface area contributed by atoms with Gasteiger partial charge in [0.05, 0.1) is 18.7 Å². The number of nitrogens with zero attached hydrogens (tertiary/aromatic N) is 2. The van der Waals surface area contributed by atoms with Crippen molar-refractivity contribution in [1.29, 1.82) is 5.26 Å². The molecule has 2 amide bonds. The van der Waals surface area contributed by atoms with E-state index in [-0.39, 0.29) is 35.3 Å². The maximum Gasteiger partial charge on any atom is 0.409 e. The highest BCUT2D eigenvalue weighted by molar-refractivity contribution is 5.94. The average Bonchev–Trinajstić information content (AvgIpc) is 3.17. The Balaban J connectivity index is 1.62. The number of ether oxygens (including phenoxy) is 3. The Bertz CT molecular complexity index is 992. The van der Waals surface area contributed by atoms with Gasteiger partial charge in [0.25, 0.3) is 5.91 Å². The number of hydrazine groups is 1. The largest absolute Gasteiger partial charge is 0.493 e. The van der Waals surface area contributed by atoms with Crippen LogP contribution in [0.2, 0.25) is 0 Å². The Labute approximate surface area is 171 Å². The minimum Gasteiger partial charge on any atom is -0.493 e. The Morgan fingerprint density at radius 3 is 2.80 bits per heavy atom. The van der Waals surface area contributed by atoms with Gasteiger partial charge in [0.1, 0.15) is 24.2 Å². The number of benzene rings is 2. The second-order valence-corrected chi connectivity index (χ2v) is 6.29. The van der Waals surface area contributed by atoms with Crippen molar-refractivity contribution in [3.05, 3.63) is 53.3 Å². The fourth-order valence-corrected chi connectivity index (χ4v) is 2.77. The van der Waals surface area contributed by atoms with Crippen molar-refractivity contribution in [2.75, 3.05) is 26.3 Å². The number of carbonyl (C=O) groups excluding carboxylic acids is 2. The molecule has 1 fully saturated rings. The van der Waals surface area contributed by atoms with Crippen molar-refractivity contribution < 1.29 is 28.2 Å². The molecule has 0 unspecified atom stereocenters. The summed E-state index contributed by atoms with van der Waals surface area (Å²) in [5, 5.41) is 9.21. The number of carbonyl (C=O) groups is 2. The van der Waals surface area contributed by atoms with Gasteiger partial charge < -0.3 is 19.1 Å². The van der Waals surface area contributed by atoms with Crippen molar-refractivity contribution in [2.24, 2.45) is 5.84 Å². The molecule has 0 aromatic heterocycles. The lowest BCUT2D eigenvalue weighted by molar-refractivity contribution is 0.0953. The number of nitrogen functional groups attached to an aromatic ring is 1. The Morgan fingerprint density at radius 1 is 1.30 bits per heavy atom. The van der Waals surface area contributed by atoms with Gasteiger partial charge in [-0.05, 0) is 36.8 Å². The molecule has 0 bridgehead atoms. The molecule has 156 valence electrons. The number of amides is 2. The molecule has 3 N–H and O–H groups in total. The van der Waals surface area contributed by atoms with E-state index in [0.717, 1.165) is 6.07 Å². The summed E-state index contributed by atoms with van der Waals surface area (Å²) >= 11 is 0. The summed E-state index contributed by atoms with van der Waals surface area (Å²) in [7, 11) is 0. The summed E-state index contributed by atoms with van der Waals surface area (Å²) in [5.74, 6) is 4.01. The van der Waals surface area contributed by atoms with Crippen LogP contribution in [-0.2, 0) is 4.74 Å². The SMILES string of the molecule is N#Cc1ccc(C(=O)NN)cc1Oc1ccc(OCCCN2CCOC2=O)cc1F. The first-order valence-electron chi connectivity index (χ1n) is 9.09. The number of nitrogens with one attached hydrogen (secondary N) is 1. The van der Waals surface area contributed by atoms with Gasteiger partial charge in [-0.3, -0.25) is 10.2 Å². The summed E-state index contributed by atoms with van der Waals surface area (Å²) in [4.78, 5) is 24.6. The van der Waals surface area contributed by atoms with E-state index in [2.05, 4.69) is 0 Å². The minimum absolute atomic E-state index is 0.0173. The summed E-state index contributed by atoms with van der Waals surface area (Å²) in [5.41, 5.74) is 2.27. The molecule has 9 nitrogen and oxygen atoms in total. The first kappa shape index (κ1) is 20.9. The highest BCUT2D eigenvalue weighted by Crippen LogP contribution is 2.30. The molecule has 3 rings (SSSR count). The molecule has 1 aliphatic heterocycles. The van der Waals surface area contributed by atoms with Crippen LogP contribution in [0, 0.1) is 17.1 Å². The standard InChI is InChI=1S/C20H19FN4O5/c21-16-11-15(28-8-1-6-25-7-9-29-20(25)27)4-5-17(16)30-18-10-13(19(26)24-23)2-3-14(18)12-22/h2-5,10-11H,1,6-9,23H2,(H,24,26). The van der Waals surface area contributed by atoms with Gasteiger partial charge in [0.15, 0.2) is 11.6 Å². The fraction of sp³-hybridized carbons (Fsp3) is 0.250. The van der Waals surface area contributed by atoms with Gasteiger partial charge in [-0.2, -0.15) is 5.26 Å². The van der Waals surface area contributed by atoms with Crippen LogP contribution in [0.15, 0.2) is 36.4 Å². The van der Waals surface area contributed by atoms with Gasteiger partial charge in [0.2, 0.25) is 0 Å². The molecule has 0 atom stereocenters. The zero-order valence-electron chi connectivity index (χ0n) is 15.9. The van der Waals surface area contributed by atoms with Crippen molar-refractivity contribution in [2.45, 2.75) is 6.42 Å². The lowest BCUT2D eigenvalue weighted by Gasteiger charge is -2.13. The van der Waals surface area contributed by atoms with Gasteiger partial charge >= 0.3 is 6.09 Å². The molecule has 0 spiro atoms. The predicted molar refractivity (Wildman–Crippen MR) is 102 cm³/mol. The van der Waals surface area contributed by atoms with Crippen LogP contribution in [0.1, 0.15) is 22.3 Å². The monoisotopic (exact) mass is 414 g/mol. The molecule has 1 aliphatic rings. The molecule has 10 heteroatoms. The van der Waals surface area contributed by atoms with Crippen LogP contribution in [0.5, 0.6) is 17.2 Å². The lowest BCUT2D eigenvalue weighted by Crippen LogP contribution is -2.29. The number of nitriles is 1. The quantitative estimate of drug-likeness (QED) is 0.294. The maximum absolute atomic E-state index is 14.4. The third-order valence-electron chi connectivity index (χ3n) is 4.30. The van der Waals surface area contributed by atoms with E-state index in [9.17, 15) is 19.2 Å². The van der Waals surface area contributed by atoms with Gasteiger partial charge in [-0.1, -0.05) is 0 Å². The van der Waals surface area contributed by atoms with E-state index >= 15 is 0 Å². The van der Waals surface area contributed by atoms with Crippen LogP contribution in [0.25, 0.3) is 0 Å². The summed E-state index contributed by atoms with van der Waals surface area (Å²) in [6, 6.07) is 10.0. The molecular formula is C20H19FN4O5. The Morgan fingerprint density at radius 2 is 2.13 bits per heavy atom. The van der Waals surface area contributed by atoms with Crippen LogP contribution < -0.4 is 20.7 Å². The first-order chi connectivity index (χ1) is 14.5. The first-order valence-corrected chi connectivity index (χ1v) is 9.09. The normalized spacial score (nSPS) is 12.8. The van der Waals surface area contributed by atoms with Crippen molar-refractivity contribution >= 4 is 12.0 Å². The number of hydrogen-bond acceptors (Lipinski definition) is 7. The highest BCUT2D eigenvalue weighted by atomic mass is 19.1. The fourth-order valence-electron chi connectivity index (χ4n) is 2.77. The third-order valence-corrected chi connectivity index (χ3v) is 4.30. The Kier molecular flexibility index (Phi) is 6.67. The second-order valence-electron chi connectivity index (χ2n) is 6.29. The van der Waals surface area contributed by atoms with Gasteiger partial charge in [-0.25, -0.2) is 15.0 Å². The van der Waals surface area contributed by atoms with E-state index in [1.165, 1.54) is 30.3 Å². The predicted octanol–water partition coefficient (Wildman–Crippen LogP) is 2.31. The molecule has 30 heavy (non-hydrogen) atoms. The molecular weight excluding hydrogens is 395 g/mol. The summed E-state index contributed by atoms with van der Waals surface area (Å²) in [6.45, 7) is 1.72. The second kappa shape index (κ2) is 9.58. The average molecular weight is 414 g/mol. The molecule has 2 aromatic rings. The zero-order chi connectivity index (χ0) is 21.5. The van der Waals surface area contributed by atoms with Gasteiger partial charge in [-0.15, -0.1) is 0 Å². The topological polar surface area (TPSA) is 127 Å². The zero-order valence-corrected chi connectivity index (χ0v) is 15.9. The molecule has 1 saturated heterocycles. The lowest BCUT2D eigenvalue weighted by atomic mass is 10.1. The van der Waals surface area contributed by atoms with E-state index in [4.69, 9.17) is 20.1 Å². The number of hydrogen-bond donors (Lipinski definition) is 2. The van der Waals surface area contributed by atoms with Crippen LogP contribution in [0.4, 0.5) is 9.18 Å². The Hall–Kier alpha value is -3.84. The van der Waals surface area contributed by atoms with E-state index in [1.807, 2.05) is 11.5 Å². The molecule has 0 radical (unpaired) electrons. The summed E-state index contributed by atoms with van der Waals surface area (Å²) < 4.78 is 30.3.